The fourth-order valence-corrected chi connectivity index (χ4v) is 2.35. The molecule has 0 fully saturated rings. The summed E-state index contributed by atoms with van der Waals surface area (Å²) >= 11 is 5.33. The molecule has 1 aromatic rings. The number of rotatable bonds is 4. The van der Waals surface area contributed by atoms with E-state index < -0.39 is 0 Å². The van der Waals surface area contributed by atoms with E-state index in [2.05, 4.69) is 51.8 Å². The zero-order valence-electron chi connectivity index (χ0n) is 7.88. The zero-order chi connectivity index (χ0) is 9.68. The Kier molecular flexibility index (Phi) is 4.84. The first-order valence-electron chi connectivity index (χ1n) is 4.19. The third kappa shape index (κ3) is 3.33. The van der Waals surface area contributed by atoms with E-state index in [1.807, 2.05) is 18.8 Å². The molecule has 0 aliphatic heterocycles. The maximum Gasteiger partial charge on any atom is 0.0409 e. The minimum atomic E-state index is 0.451. The van der Waals surface area contributed by atoms with Gasteiger partial charge in [-0.2, -0.15) is 11.8 Å². The van der Waals surface area contributed by atoms with Gasteiger partial charge in [0.25, 0.3) is 0 Å². The van der Waals surface area contributed by atoms with Gasteiger partial charge >= 0.3 is 0 Å². The first-order chi connectivity index (χ1) is 6.27. The van der Waals surface area contributed by atoms with Gasteiger partial charge in [0, 0.05) is 16.3 Å². The number of halogens is 1. The molecule has 0 aliphatic carbocycles. The molecule has 1 rings (SSSR count). The van der Waals surface area contributed by atoms with E-state index in [4.69, 9.17) is 0 Å². The second-order valence-electron chi connectivity index (χ2n) is 2.85. The summed E-state index contributed by atoms with van der Waals surface area (Å²) in [5.41, 5.74) is 1.34. The SMILES string of the molecule is CNC(CSC)c1cccc(Br)c1. The van der Waals surface area contributed by atoms with Gasteiger partial charge < -0.3 is 5.32 Å². The third-order valence-electron chi connectivity index (χ3n) is 1.93. The highest BCUT2D eigenvalue weighted by atomic mass is 79.9. The highest BCUT2D eigenvalue weighted by molar-refractivity contribution is 9.10. The van der Waals surface area contributed by atoms with Crippen LogP contribution in [0.3, 0.4) is 0 Å². The summed E-state index contributed by atoms with van der Waals surface area (Å²) < 4.78 is 1.14. The Morgan fingerprint density at radius 2 is 2.31 bits per heavy atom. The van der Waals surface area contributed by atoms with Crippen molar-refractivity contribution in [2.24, 2.45) is 0 Å². The lowest BCUT2D eigenvalue weighted by atomic mass is 10.1. The van der Waals surface area contributed by atoms with Gasteiger partial charge in [-0.3, -0.25) is 0 Å². The van der Waals surface area contributed by atoms with Crippen LogP contribution in [-0.4, -0.2) is 19.1 Å². The van der Waals surface area contributed by atoms with Crippen molar-refractivity contribution >= 4 is 27.7 Å². The van der Waals surface area contributed by atoms with Crippen LogP contribution in [0.25, 0.3) is 0 Å². The first kappa shape index (κ1) is 11.1. The largest absolute Gasteiger partial charge is 0.312 e. The molecule has 1 N–H and O–H groups in total. The predicted molar refractivity (Wildman–Crippen MR) is 64.3 cm³/mol. The van der Waals surface area contributed by atoms with Gasteiger partial charge in [0.15, 0.2) is 0 Å². The fourth-order valence-electron chi connectivity index (χ4n) is 1.24. The van der Waals surface area contributed by atoms with Gasteiger partial charge in [0.2, 0.25) is 0 Å². The monoisotopic (exact) mass is 259 g/mol. The minimum Gasteiger partial charge on any atom is -0.312 e. The molecule has 0 saturated carbocycles. The molecule has 0 aliphatic rings. The first-order valence-corrected chi connectivity index (χ1v) is 6.38. The van der Waals surface area contributed by atoms with Gasteiger partial charge in [-0.05, 0) is 31.0 Å². The van der Waals surface area contributed by atoms with Crippen molar-refractivity contribution in [3.63, 3.8) is 0 Å². The Balaban J connectivity index is 2.78. The molecule has 0 heterocycles. The Hall–Kier alpha value is 0.01000. The molecule has 1 nitrogen and oxygen atoms in total. The van der Waals surface area contributed by atoms with Crippen molar-refractivity contribution in [3.05, 3.63) is 34.3 Å². The summed E-state index contributed by atoms with van der Waals surface area (Å²) in [5.74, 6) is 1.10. The van der Waals surface area contributed by atoms with E-state index in [1.54, 1.807) is 0 Å². The molecule has 0 radical (unpaired) electrons. The number of hydrogen-bond donors (Lipinski definition) is 1. The van der Waals surface area contributed by atoms with Crippen LogP contribution in [0.2, 0.25) is 0 Å². The minimum absolute atomic E-state index is 0.451. The Bertz CT molecular complexity index is 265. The van der Waals surface area contributed by atoms with Crippen molar-refractivity contribution in [2.75, 3.05) is 19.1 Å². The molecular formula is C10H14BrNS. The van der Waals surface area contributed by atoms with Crippen LogP contribution in [0.4, 0.5) is 0 Å². The van der Waals surface area contributed by atoms with Crippen molar-refractivity contribution in [3.8, 4) is 0 Å². The molecule has 1 unspecified atom stereocenters. The molecule has 1 atom stereocenters. The van der Waals surface area contributed by atoms with E-state index in [-0.39, 0.29) is 0 Å². The molecule has 0 bridgehead atoms. The third-order valence-corrected chi connectivity index (χ3v) is 3.09. The Morgan fingerprint density at radius 1 is 1.54 bits per heavy atom. The average molecular weight is 260 g/mol. The normalized spacial score (nSPS) is 12.8. The molecule has 1 aromatic carbocycles. The summed E-state index contributed by atoms with van der Waals surface area (Å²) in [7, 11) is 2.00. The van der Waals surface area contributed by atoms with E-state index in [0.717, 1.165) is 10.2 Å². The van der Waals surface area contributed by atoms with Gasteiger partial charge in [0.05, 0.1) is 0 Å². The molecule has 0 amide bonds. The lowest BCUT2D eigenvalue weighted by molar-refractivity contribution is 0.662. The number of thioether (sulfide) groups is 1. The maximum absolute atomic E-state index is 3.48. The molecule has 3 heteroatoms. The van der Waals surface area contributed by atoms with Crippen LogP contribution in [-0.2, 0) is 0 Å². The number of hydrogen-bond acceptors (Lipinski definition) is 2. The van der Waals surface area contributed by atoms with Gasteiger partial charge in [-0.1, -0.05) is 28.1 Å². The second-order valence-corrected chi connectivity index (χ2v) is 4.68. The topological polar surface area (TPSA) is 12.0 Å². The zero-order valence-corrected chi connectivity index (χ0v) is 10.3. The van der Waals surface area contributed by atoms with E-state index in [0.29, 0.717) is 6.04 Å². The van der Waals surface area contributed by atoms with E-state index in [9.17, 15) is 0 Å². The summed E-state index contributed by atoms with van der Waals surface area (Å²) in [4.78, 5) is 0. The lowest BCUT2D eigenvalue weighted by Gasteiger charge is -2.15. The highest BCUT2D eigenvalue weighted by Crippen LogP contribution is 2.20. The van der Waals surface area contributed by atoms with Crippen LogP contribution in [0.1, 0.15) is 11.6 Å². The van der Waals surface area contributed by atoms with Crippen LogP contribution in [0.5, 0.6) is 0 Å². The van der Waals surface area contributed by atoms with Gasteiger partial charge in [-0.15, -0.1) is 0 Å². The quantitative estimate of drug-likeness (QED) is 0.892. The lowest BCUT2D eigenvalue weighted by Crippen LogP contribution is -2.18. The van der Waals surface area contributed by atoms with Crippen LogP contribution in [0, 0.1) is 0 Å². The molecule has 0 saturated heterocycles. The summed E-state index contributed by atoms with van der Waals surface area (Å²) in [6.07, 6.45) is 2.13. The summed E-state index contributed by atoms with van der Waals surface area (Å²) in [6.45, 7) is 0. The maximum atomic E-state index is 3.48. The van der Waals surface area contributed by atoms with Crippen LogP contribution < -0.4 is 5.32 Å². The van der Waals surface area contributed by atoms with E-state index >= 15 is 0 Å². The number of nitrogens with one attached hydrogen (secondary N) is 1. The Morgan fingerprint density at radius 3 is 2.85 bits per heavy atom. The summed E-state index contributed by atoms with van der Waals surface area (Å²) in [5, 5.41) is 3.30. The number of benzene rings is 1. The second kappa shape index (κ2) is 5.68. The van der Waals surface area contributed by atoms with Crippen molar-refractivity contribution < 1.29 is 0 Å². The average Bonchev–Trinajstić information content (AvgIpc) is 2.14. The molecule has 0 spiro atoms. The van der Waals surface area contributed by atoms with Crippen LogP contribution in [0.15, 0.2) is 28.7 Å². The smallest absolute Gasteiger partial charge is 0.0409 e. The molecule has 72 valence electrons. The molecule has 13 heavy (non-hydrogen) atoms. The standard InChI is InChI=1S/C10H14BrNS/c1-12-10(7-13-2)8-4-3-5-9(11)6-8/h3-6,10,12H,7H2,1-2H3. The van der Waals surface area contributed by atoms with Crippen molar-refractivity contribution in [2.45, 2.75) is 6.04 Å². The van der Waals surface area contributed by atoms with Gasteiger partial charge in [0.1, 0.15) is 0 Å². The summed E-state index contributed by atoms with van der Waals surface area (Å²) in [6, 6.07) is 8.89. The Labute approximate surface area is 92.4 Å². The van der Waals surface area contributed by atoms with Gasteiger partial charge in [-0.25, -0.2) is 0 Å². The van der Waals surface area contributed by atoms with Crippen molar-refractivity contribution in [1.82, 2.24) is 5.32 Å². The van der Waals surface area contributed by atoms with Crippen LogP contribution >= 0.6 is 27.7 Å². The van der Waals surface area contributed by atoms with Crippen molar-refractivity contribution in [1.29, 1.82) is 0 Å². The predicted octanol–water partition coefficient (Wildman–Crippen LogP) is 3.07. The molecule has 0 aromatic heterocycles. The highest BCUT2D eigenvalue weighted by Gasteiger charge is 2.07. The molecular weight excluding hydrogens is 246 g/mol. The fraction of sp³-hybridized carbons (Fsp3) is 0.400. The van der Waals surface area contributed by atoms with E-state index in [1.165, 1.54) is 5.56 Å².